The van der Waals surface area contributed by atoms with E-state index in [4.69, 9.17) is 0 Å². The highest BCUT2D eigenvalue weighted by atomic mass is 32.1. The predicted molar refractivity (Wildman–Crippen MR) is 84.8 cm³/mol. The summed E-state index contributed by atoms with van der Waals surface area (Å²) in [5, 5.41) is 10.7. The van der Waals surface area contributed by atoms with Crippen molar-refractivity contribution in [2.45, 2.75) is 0 Å². The van der Waals surface area contributed by atoms with E-state index in [1.54, 1.807) is 23.5 Å². The van der Waals surface area contributed by atoms with E-state index in [-0.39, 0.29) is 11.2 Å². The van der Waals surface area contributed by atoms with Crippen molar-refractivity contribution in [2.75, 3.05) is 0 Å². The SMILES string of the molecule is O=c1cc(-c2nc3ccccc3s2)[nH]c2ccc(O)cc12. The molecule has 0 bridgehead atoms. The first-order valence-electron chi connectivity index (χ1n) is 6.43. The number of para-hydroxylation sites is 1. The normalized spacial score (nSPS) is 11.2. The number of phenolic OH excluding ortho intramolecular Hbond substituents is 1. The van der Waals surface area contributed by atoms with Gasteiger partial charge >= 0.3 is 0 Å². The van der Waals surface area contributed by atoms with Crippen LogP contribution >= 0.6 is 11.3 Å². The lowest BCUT2D eigenvalue weighted by molar-refractivity contribution is 0.476. The predicted octanol–water partition coefficient (Wildman–Crippen LogP) is 3.51. The van der Waals surface area contributed by atoms with E-state index in [0.717, 1.165) is 15.2 Å². The molecule has 0 aliphatic carbocycles. The van der Waals surface area contributed by atoms with Crippen molar-refractivity contribution < 1.29 is 5.11 Å². The molecule has 0 saturated heterocycles. The van der Waals surface area contributed by atoms with Gasteiger partial charge in [-0.1, -0.05) is 12.1 Å². The number of aromatic nitrogens is 2. The number of hydrogen-bond donors (Lipinski definition) is 2. The van der Waals surface area contributed by atoms with E-state index >= 15 is 0 Å². The summed E-state index contributed by atoms with van der Waals surface area (Å²) in [6.07, 6.45) is 0. The molecule has 0 aliphatic rings. The maximum Gasteiger partial charge on any atom is 0.190 e. The van der Waals surface area contributed by atoms with Crippen molar-refractivity contribution in [1.29, 1.82) is 0 Å². The van der Waals surface area contributed by atoms with Gasteiger partial charge in [-0.2, -0.15) is 0 Å². The number of benzene rings is 2. The Hall–Kier alpha value is -2.66. The molecule has 4 rings (SSSR count). The minimum Gasteiger partial charge on any atom is -0.508 e. The van der Waals surface area contributed by atoms with Crippen molar-refractivity contribution in [3.05, 3.63) is 58.8 Å². The zero-order chi connectivity index (χ0) is 14.4. The number of nitrogens with zero attached hydrogens (tertiary/aromatic N) is 1. The molecule has 4 aromatic rings. The molecule has 0 fully saturated rings. The van der Waals surface area contributed by atoms with Crippen LogP contribution in [0.25, 0.3) is 31.8 Å². The topological polar surface area (TPSA) is 66.0 Å². The van der Waals surface area contributed by atoms with Crippen LogP contribution in [0.5, 0.6) is 5.75 Å². The Morgan fingerprint density at radius 2 is 1.95 bits per heavy atom. The highest BCUT2D eigenvalue weighted by molar-refractivity contribution is 7.21. The molecule has 0 aliphatic heterocycles. The molecular weight excluding hydrogens is 284 g/mol. The van der Waals surface area contributed by atoms with Crippen LogP contribution in [0.3, 0.4) is 0 Å². The molecule has 5 heteroatoms. The number of hydrogen-bond acceptors (Lipinski definition) is 4. The Labute approximate surface area is 123 Å². The van der Waals surface area contributed by atoms with Gasteiger partial charge in [0.2, 0.25) is 0 Å². The van der Waals surface area contributed by atoms with Crippen LogP contribution in [0.2, 0.25) is 0 Å². The molecule has 0 amide bonds. The molecule has 0 radical (unpaired) electrons. The molecule has 2 heterocycles. The average molecular weight is 294 g/mol. The fraction of sp³-hybridized carbons (Fsp3) is 0. The minimum absolute atomic E-state index is 0.0840. The van der Waals surface area contributed by atoms with Gasteiger partial charge in [-0.15, -0.1) is 11.3 Å². The van der Waals surface area contributed by atoms with E-state index in [1.165, 1.54) is 12.1 Å². The first-order chi connectivity index (χ1) is 10.2. The fourth-order valence-electron chi connectivity index (χ4n) is 2.34. The summed E-state index contributed by atoms with van der Waals surface area (Å²) in [6.45, 7) is 0. The molecular formula is C16H10N2O2S. The van der Waals surface area contributed by atoms with Gasteiger partial charge in [0.1, 0.15) is 10.8 Å². The highest BCUT2D eigenvalue weighted by Crippen LogP contribution is 2.29. The Bertz CT molecular complexity index is 1000. The Morgan fingerprint density at radius 3 is 2.81 bits per heavy atom. The lowest BCUT2D eigenvalue weighted by Crippen LogP contribution is -2.02. The molecule has 0 spiro atoms. The molecule has 102 valence electrons. The fourth-order valence-corrected chi connectivity index (χ4v) is 3.27. The van der Waals surface area contributed by atoms with Gasteiger partial charge < -0.3 is 10.1 Å². The molecule has 2 aromatic heterocycles. The Kier molecular flexibility index (Phi) is 2.55. The number of aromatic amines is 1. The zero-order valence-corrected chi connectivity index (χ0v) is 11.6. The van der Waals surface area contributed by atoms with Crippen LogP contribution in [-0.2, 0) is 0 Å². The molecule has 0 unspecified atom stereocenters. The van der Waals surface area contributed by atoms with E-state index < -0.39 is 0 Å². The van der Waals surface area contributed by atoms with Crippen LogP contribution < -0.4 is 5.43 Å². The smallest absolute Gasteiger partial charge is 0.190 e. The summed E-state index contributed by atoms with van der Waals surface area (Å²) in [5.41, 5.74) is 2.17. The second kappa shape index (κ2) is 4.43. The standard InChI is InChI=1S/C16H10N2O2S/c19-9-5-6-11-10(7-9)14(20)8-13(17-11)16-18-12-3-1-2-4-15(12)21-16/h1-8,19H,(H,17,20). The molecule has 2 N–H and O–H groups in total. The maximum atomic E-state index is 12.2. The first kappa shape index (κ1) is 12.1. The summed E-state index contributed by atoms with van der Waals surface area (Å²) in [5.74, 6) is 0.0840. The quantitative estimate of drug-likeness (QED) is 0.564. The second-order valence-electron chi connectivity index (χ2n) is 4.76. The summed E-state index contributed by atoms with van der Waals surface area (Å²) in [6, 6.07) is 14.1. The van der Waals surface area contributed by atoms with Gasteiger partial charge in [-0.25, -0.2) is 4.98 Å². The number of fused-ring (bicyclic) bond motifs is 2. The number of nitrogens with one attached hydrogen (secondary N) is 1. The van der Waals surface area contributed by atoms with Gasteiger partial charge in [-0.05, 0) is 30.3 Å². The lowest BCUT2D eigenvalue weighted by atomic mass is 10.2. The number of pyridine rings is 1. The van der Waals surface area contributed by atoms with Crippen molar-refractivity contribution in [2.24, 2.45) is 0 Å². The molecule has 0 saturated carbocycles. The monoisotopic (exact) mass is 294 g/mol. The number of H-pyrrole nitrogens is 1. The maximum absolute atomic E-state index is 12.2. The molecule has 2 aromatic carbocycles. The third kappa shape index (κ3) is 1.98. The van der Waals surface area contributed by atoms with E-state index in [9.17, 15) is 9.90 Å². The number of aromatic hydroxyl groups is 1. The van der Waals surface area contributed by atoms with Crippen LogP contribution in [0.15, 0.2) is 53.3 Å². The number of rotatable bonds is 1. The van der Waals surface area contributed by atoms with Gasteiger partial charge in [0, 0.05) is 11.5 Å². The van der Waals surface area contributed by atoms with Crippen LogP contribution in [-0.4, -0.2) is 15.1 Å². The summed E-state index contributed by atoms with van der Waals surface area (Å²) in [4.78, 5) is 19.9. The van der Waals surface area contributed by atoms with E-state index in [0.29, 0.717) is 16.6 Å². The van der Waals surface area contributed by atoms with Crippen molar-refractivity contribution in [3.63, 3.8) is 0 Å². The average Bonchev–Trinajstić information content (AvgIpc) is 2.92. The molecule has 0 atom stereocenters. The van der Waals surface area contributed by atoms with Gasteiger partial charge in [0.05, 0.1) is 21.4 Å². The van der Waals surface area contributed by atoms with Gasteiger partial charge in [-0.3, -0.25) is 4.79 Å². The summed E-state index contributed by atoms with van der Waals surface area (Å²) >= 11 is 1.54. The van der Waals surface area contributed by atoms with E-state index in [1.807, 2.05) is 24.3 Å². The zero-order valence-electron chi connectivity index (χ0n) is 10.8. The second-order valence-corrected chi connectivity index (χ2v) is 5.79. The summed E-state index contributed by atoms with van der Waals surface area (Å²) in [7, 11) is 0. The van der Waals surface area contributed by atoms with Crippen molar-refractivity contribution in [1.82, 2.24) is 9.97 Å². The third-order valence-corrected chi connectivity index (χ3v) is 4.41. The number of thiazole rings is 1. The Balaban J connectivity index is 1.98. The highest BCUT2D eigenvalue weighted by Gasteiger charge is 2.09. The van der Waals surface area contributed by atoms with Crippen LogP contribution in [0.4, 0.5) is 0 Å². The Morgan fingerprint density at radius 1 is 1.10 bits per heavy atom. The molecule has 21 heavy (non-hydrogen) atoms. The van der Waals surface area contributed by atoms with Crippen molar-refractivity contribution in [3.8, 4) is 16.5 Å². The van der Waals surface area contributed by atoms with E-state index in [2.05, 4.69) is 9.97 Å². The third-order valence-electron chi connectivity index (χ3n) is 3.34. The first-order valence-corrected chi connectivity index (χ1v) is 7.24. The van der Waals surface area contributed by atoms with Gasteiger partial charge in [0.25, 0.3) is 0 Å². The molecule has 4 nitrogen and oxygen atoms in total. The van der Waals surface area contributed by atoms with Crippen LogP contribution in [0.1, 0.15) is 0 Å². The van der Waals surface area contributed by atoms with Crippen molar-refractivity contribution >= 4 is 32.5 Å². The number of phenols is 1. The largest absolute Gasteiger partial charge is 0.508 e. The minimum atomic E-state index is -0.131. The van der Waals surface area contributed by atoms with Crippen LogP contribution in [0, 0.1) is 0 Å². The van der Waals surface area contributed by atoms with Gasteiger partial charge in [0.15, 0.2) is 5.43 Å². The summed E-state index contributed by atoms with van der Waals surface area (Å²) < 4.78 is 1.08. The lowest BCUT2D eigenvalue weighted by Gasteiger charge is -2.02.